The number of aromatic nitrogens is 1. The number of hydrogen-bond donors (Lipinski definition) is 1. The minimum absolute atomic E-state index is 0.494. The molecule has 0 bridgehead atoms. The van der Waals surface area contributed by atoms with Gasteiger partial charge in [0, 0.05) is 32.8 Å². The summed E-state index contributed by atoms with van der Waals surface area (Å²) < 4.78 is 5.18. The highest BCUT2D eigenvalue weighted by Gasteiger charge is 2.10. The van der Waals surface area contributed by atoms with Crippen LogP contribution in [-0.2, 0) is 17.8 Å². The van der Waals surface area contributed by atoms with Gasteiger partial charge in [0.1, 0.15) is 0 Å². The van der Waals surface area contributed by atoms with Crippen molar-refractivity contribution < 1.29 is 4.74 Å². The van der Waals surface area contributed by atoms with Crippen molar-refractivity contribution in [2.75, 3.05) is 26.8 Å². The molecule has 1 aromatic heterocycles. The molecule has 0 saturated carbocycles. The van der Waals surface area contributed by atoms with Gasteiger partial charge in [-0.2, -0.15) is 0 Å². The highest BCUT2D eigenvalue weighted by molar-refractivity contribution is 5.11. The molecule has 0 atom stereocenters. The molecule has 1 N–H and O–H groups in total. The summed E-state index contributed by atoms with van der Waals surface area (Å²) in [5.74, 6) is 0. The molecule has 0 aliphatic rings. The van der Waals surface area contributed by atoms with E-state index in [2.05, 4.69) is 49.2 Å². The van der Waals surface area contributed by atoms with Crippen molar-refractivity contribution >= 4 is 0 Å². The van der Waals surface area contributed by atoms with E-state index in [-0.39, 0.29) is 0 Å². The molecule has 1 heterocycles. The van der Waals surface area contributed by atoms with Crippen LogP contribution in [0.3, 0.4) is 0 Å². The lowest BCUT2D eigenvalue weighted by Crippen LogP contribution is -2.33. The summed E-state index contributed by atoms with van der Waals surface area (Å²) in [4.78, 5) is 7.11. The van der Waals surface area contributed by atoms with Crippen LogP contribution in [0.4, 0.5) is 0 Å². The first-order valence-electron chi connectivity index (χ1n) is 7.55. The molecule has 4 heteroatoms. The summed E-state index contributed by atoms with van der Waals surface area (Å²) in [5, 5.41) is 3.39. The van der Waals surface area contributed by atoms with E-state index in [0.717, 1.165) is 50.6 Å². The van der Waals surface area contributed by atoms with Crippen molar-refractivity contribution in [1.29, 1.82) is 0 Å². The summed E-state index contributed by atoms with van der Waals surface area (Å²) in [6.45, 7) is 11.1. The van der Waals surface area contributed by atoms with Crippen LogP contribution < -0.4 is 5.32 Å². The second kappa shape index (κ2) is 9.86. The average molecular weight is 279 g/mol. The Bertz CT molecular complexity index is 368. The van der Waals surface area contributed by atoms with E-state index >= 15 is 0 Å². The van der Waals surface area contributed by atoms with Crippen LogP contribution >= 0.6 is 0 Å². The van der Waals surface area contributed by atoms with Gasteiger partial charge in [0.15, 0.2) is 0 Å². The van der Waals surface area contributed by atoms with Gasteiger partial charge in [0.05, 0.1) is 18.0 Å². The lowest BCUT2D eigenvalue weighted by Gasteiger charge is -2.25. The molecule has 4 nitrogen and oxygen atoms in total. The Morgan fingerprint density at radius 3 is 2.70 bits per heavy atom. The molecule has 114 valence electrons. The fraction of sp³-hybridized carbons (Fsp3) is 0.688. The smallest absolute Gasteiger partial charge is 0.0589 e. The minimum Gasteiger partial charge on any atom is -0.383 e. The molecule has 0 radical (unpaired) electrons. The van der Waals surface area contributed by atoms with E-state index in [4.69, 9.17) is 9.72 Å². The van der Waals surface area contributed by atoms with E-state index in [1.807, 2.05) is 0 Å². The fourth-order valence-electron chi connectivity index (χ4n) is 2.05. The number of pyridine rings is 1. The minimum atomic E-state index is 0.494. The van der Waals surface area contributed by atoms with Gasteiger partial charge in [-0.25, -0.2) is 0 Å². The van der Waals surface area contributed by atoms with Gasteiger partial charge < -0.3 is 10.1 Å². The molecule has 0 aliphatic heterocycles. The molecule has 1 aromatic rings. The van der Waals surface area contributed by atoms with Crippen LogP contribution in [0.5, 0.6) is 0 Å². The molecule has 0 aromatic carbocycles. The third-order valence-electron chi connectivity index (χ3n) is 3.28. The highest BCUT2D eigenvalue weighted by Crippen LogP contribution is 2.07. The first kappa shape index (κ1) is 17.1. The normalized spacial score (nSPS) is 11.5. The van der Waals surface area contributed by atoms with Crippen LogP contribution in [0.2, 0.25) is 0 Å². The van der Waals surface area contributed by atoms with Gasteiger partial charge >= 0.3 is 0 Å². The summed E-state index contributed by atoms with van der Waals surface area (Å²) >= 11 is 0. The average Bonchev–Trinajstić information content (AvgIpc) is 2.44. The molecule has 0 unspecified atom stereocenters. The third kappa shape index (κ3) is 6.46. The molecule has 0 fully saturated rings. The van der Waals surface area contributed by atoms with Crippen LogP contribution in [0.1, 0.15) is 38.6 Å². The number of nitrogens with one attached hydrogen (secondary N) is 1. The Hall–Kier alpha value is -0.970. The number of nitrogens with zero attached hydrogens (tertiary/aromatic N) is 2. The van der Waals surface area contributed by atoms with Crippen molar-refractivity contribution in [3.05, 3.63) is 29.6 Å². The summed E-state index contributed by atoms with van der Waals surface area (Å²) in [5.41, 5.74) is 2.25. The second-order valence-electron chi connectivity index (χ2n) is 5.35. The van der Waals surface area contributed by atoms with Crippen LogP contribution in [0, 0.1) is 0 Å². The van der Waals surface area contributed by atoms with Crippen LogP contribution in [-0.4, -0.2) is 42.7 Å². The number of methoxy groups -OCH3 is 1. The van der Waals surface area contributed by atoms with Gasteiger partial charge in [0.25, 0.3) is 0 Å². The van der Waals surface area contributed by atoms with E-state index in [0.29, 0.717) is 6.04 Å². The van der Waals surface area contributed by atoms with Gasteiger partial charge in [-0.05, 0) is 38.9 Å². The maximum Gasteiger partial charge on any atom is 0.0589 e. The van der Waals surface area contributed by atoms with E-state index in [1.165, 1.54) is 0 Å². The van der Waals surface area contributed by atoms with Gasteiger partial charge in [-0.15, -0.1) is 0 Å². The van der Waals surface area contributed by atoms with Crippen molar-refractivity contribution in [2.45, 2.75) is 46.3 Å². The largest absolute Gasteiger partial charge is 0.383 e. The van der Waals surface area contributed by atoms with Crippen molar-refractivity contribution in [1.82, 2.24) is 15.2 Å². The Labute approximate surface area is 123 Å². The molecule has 20 heavy (non-hydrogen) atoms. The molecule has 0 saturated heterocycles. The zero-order chi connectivity index (χ0) is 14.8. The maximum absolute atomic E-state index is 5.18. The first-order valence-corrected chi connectivity index (χ1v) is 7.55. The first-order chi connectivity index (χ1) is 9.67. The molecular weight excluding hydrogens is 250 g/mol. The standard InChI is InChI=1S/C16H29N3O/c1-5-9-17-12-15-7-6-8-16(18-15)13-19(14(2)3)10-11-20-4/h6-8,14,17H,5,9-13H2,1-4H3. The van der Waals surface area contributed by atoms with Gasteiger partial charge in [0.2, 0.25) is 0 Å². The SMILES string of the molecule is CCCNCc1cccc(CN(CCOC)C(C)C)n1. The highest BCUT2D eigenvalue weighted by atomic mass is 16.5. The Morgan fingerprint density at radius 2 is 2.05 bits per heavy atom. The number of ether oxygens (including phenoxy) is 1. The van der Waals surface area contributed by atoms with Crippen molar-refractivity contribution in [3.63, 3.8) is 0 Å². The molecule has 1 rings (SSSR count). The summed E-state index contributed by atoms with van der Waals surface area (Å²) in [7, 11) is 1.75. The monoisotopic (exact) mass is 279 g/mol. The van der Waals surface area contributed by atoms with Crippen molar-refractivity contribution in [2.24, 2.45) is 0 Å². The zero-order valence-electron chi connectivity index (χ0n) is 13.4. The topological polar surface area (TPSA) is 37.4 Å². The van der Waals surface area contributed by atoms with E-state index in [1.54, 1.807) is 7.11 Å². The lowest BCUT2D eigenvalue weighted by atomic mass is 10.2. The molecule has 0 amide bonds. The fourth-order valence-corrected chi connectivity index (χ4v) is 2.05. The second-order valence-corrected chi connectivity index (χ2v) is 5.35. The predicted octanol–water partition coefficient (Wildman–Crippen LogP) is 2.44. The Kier molecular flexibility index (Phi) is 8.42. The number of rotatable bonds is 10. The lowest BCUT2D eigenvalue weighted by molar-refractivity contribution is 0.124. The number of hydrogen-bond acceptors (Lipinski definition) is 4. The van der Waals surface area contributed by atoms with Gasteiger partial charge in [-0.1, -0.05) is 13.0 Å². The van der Waals surface area contributed by atoms with Gasteiger partial charge in [-0.3, -0.25) is 9.88 Å². The molecule has 0 aliphatic carbocycles. The van der Waals surface area contributed by atoms with Crippen LogP contribution in [0.25, 0.3) is 0 Å². The van der Waals surface area contributed by atoms with E-state index in [9.17, 15) is 0 Å². The Morgan fingerprint density at radius 1 is 1.30 bits per heavy atom. The van der Waals surface area contributed by atoms with Crippen LogP contribution in [0.15, 0.2) is 18.2 Å². The maximum atomic E-state index is 5.18. The quantitative estimate of drug-likeness (QED) is 0.668. The zero-order valence-corrected chi connectivity index (χ0v) is 13.4. The summed E-state index contributed by atoms with van der Waals surface area (Å²) in [6.07, 6.45) is 1.15. The molecular formula is C16H29N3O. The Balaban J connectivity index is 2.58. The summed E-state index contributed by atoms with van der Waals surface area (Å²) in [6, 6.07) is 6.78. The molecule has 0 spiro atoms. The predicted molar refractivity (Wildman–Crippen MR) is 83.7 cm³/mol. The van der Waals surface area contributed by atoms with E-state index < -0.39 is 0 Å². The third-order valence-corrected chi connectivity index (χ3v) is 3.28. The van der Waals surface area contributed by atoms with Crippen molar-refractivity contribution in [3.8, 4) is 0 Å².